The van der Waals surface area contributed by atoms with Crippen molar-refractivity contribution in [3.63, 3.8) is 0 Å². The van der Waals surface area contributed by atoms with Crippen LogP contribution in [-0.2, 0) is 4.84 Å². The Kier molecular flexibility index (Phi) is 7.65. The van der Waals surface area contributed by atoms with Crippen molar-refractivity contribution in [2.75, 3.05) is 6.61 Å². The highest BCUT2D eigenvalue weighted by atomic mass is 16.6. The van der Waals surface area contributed by atoms with Crippen LogP contribution >= 0.6 is 0 Å². The largest absolute Gasteiger partial charge is 0.491 e. The summed E-state index contributed by atoms with van der Waals surface area (Å²) in [7, 11) is 0. The van der Waals surface area contributed by atoms with Gasteiger partial charge in [0, 0.05) is 0 Å². The van der Waals surface area contributed by atoms with Gasteiger partial charge in [-0.3, -0.25) is 0 Å². The highest BCUT2D eigenvalue weighted by Crippen LogP contribution is 2.19. The third-order valence-corrected chi connectivity index (χ3v) is 3.01. The molecular formula is C17H27NO3. The van der Waals surface area contributed by atoms with Crippen molar-refractivity contribution in [3.05, 3.63) is 24.3 Å². The number of nitrogens with zero attached hydrogens (tertiary/aromatic N) is 1. The van der Waals surface area contributed by atoms with Crippen molar-refractivity contribution in [1.29, 1.82) is 0 Å². The second kappa shape index (κ2) is 9.27. The van der Waals surface area contributed by atoms with Crippen LogP contribution in [0.25, 0.3) is 0 Å². The lowest BCUT2D eigenvalue weighted by Gasteiger charge is -2.15. The van der Waals surface area contributed by atoms with Crippen LogP contribution in [0.15, 0.2) is 29.4 Å². The maximum atomic E-state index is 5.73. The minimum Gasteiger partial charge on any atom is -0.491 e. The number of rotatable bonds is 9. The van der Waals surface area contributed by atoms with E-state index in [1.54, 1.807) is 0 Å². The maximum absolute atomic E-state index is 5.73. The molecule has 0 aliphatic rings. The van der Waals surface area contributed by atoms with Crippen LogP contribution in [0.2, 0.25) is 0 Å². The van der Waals surface area contributed by atoms with E-state index in [1.165, 1.54) is 0 Å². The molecule has 0 N–H and O–H groups in total. The molecule has 4 heteroatoms. The predicted molar refractivity (Wildman–Crippen MR) is 86.3 cm³/mol. The second-order valence-electron chi connectivity index (χ2n) is 5.29. The molecule has 0 aliphatic carbocycles. The van der Waals surface area contributed by atoms with E-state index in [-0.39, 0.29) is 12.2 Å². The summed E-state index contributed by atoms with van der Waals surface area (Å²) in [6, 6.07) is 7.69. The molecule has 0 aromatic heterocycles. The molecule has 0 saturated heterocycles. The van der Waals surface area contributed by atoms with Gasteiger partial charge in [-0.1, -0.05) is 19.0 Å². The van der Waals surface area contributed by atoms with E-state index in [9.17, 15) is 0 Å². The van der Waals surface area contributed by atoms with Gasteiger partial charge in [0.2, 0.25) is 0 Å². The lowest BCUT2D eigenvalue weighted by molar-refractivity contribution is 0.0218. The summed E-state index contributed by atoms with van der Waals surface area (Å²) in [6.07, 6.45) is 2.04. The predicted octanol–water partition coefficient (Wildman–Crippen LogP) is 4.43. The zero-order chi connectivity index (χ0) is 15.7. The molecule has 2 atom stereocenters. The molecule has 0 amide bonds. The van der Waals surface area contributed by atoms with Crippen molar-refractivity contribution in [2.24, 2.45) is 5.16 Å². The molecule has 0 bridgehead atoms. The molecule has 4 nitrogen and oxygen atoms in total. The minimum atomic E-state index is -0.0315. The lowest BCUT2D eigenvalue weighted by Crippen LogP contribution is -2.19. The van der Waals surface area contributed by atoms with Crippen molar-refractivity contribution < 1.29 is 14.3 Å². The van der Waals surface area contributed by atoms with E-state index in [4.69, 9.17) is 14.3 Å². The molecular weight excluding hydrogens is 266 g/mol. The highest BCUT2D eigenvalue weighted by molar-refractivity contribution is 5.78. The Bertz CT molecular complexity index is 424. The number of hydrogen-bond acceptors (Lipinski definition) is 4. The first kappa shape index (κ1) is 17.3. The SMILES string of the molecule is CCC(C)Oc1ccc(OCC(CC)ON=C(C)C)cc1. The number of ether oxygens (including phenoxy) is 2. The Morgan fingerprint density at radius 2 is 1.67 bits per heavy atom. The molecule has 0 fully saturated rings. The highest BCUT2D eigenvalue weighted by Gasteiger charge is 2.08. The molecule has 0 aliphatic heterocycles. The van der Waals surface area contributed by atoms with Gasteiger partial charge in [-0.25, -0.2) is 0 Å². The number of hydrogen-bond donors (Lipinski definition) is 0. The van der Waals surface area contributed by atoms with Gasteiger partial charge in [0.25, 0.3) is 0 Å². The van der Waals surface area contributed by atoms with E-state index < -0.39 is 0 Å². The van der Waals surface area contributed by atoms with Crippen molar-refractivity contribution in [2.45, 2.75) is 59.7 Å². The second-order valence-corrected chi connectivity index (χ2v) is 5.29. The van der Waals surface area contributed by atoms with E-state index >= 15 is 0 Å². The summed E-state index contributed by atoms with van der Waals surface area (Å²) in [5.74, 6) is 1.68. The monoisotopic (exact) mass is 293 g/mol. The zero-order valence-electron chi connectivity index (χ0n) is 13.8. The van der Waals surface area contributed by atoms with Crippen LogP contribution in [0, 0.1) is 0 Å². The van der Waals surface area contributed by atoms with E-state index in [2.05, 4.69) is 25.9 Å². The average Bonchev–Trinajstić information content (AvgIpc) is 2.48. The Morgan fingerprint density at radius 1 is 1.05 bits per heavy atom. The molecule has 118 valence electrons. The standard InChI is InChI=1S/C17H27NO3/c1-6-14(5)20-17-10-8-16(9-11-17)19-12-15(7-2)21-18-13(3)4/h8-11,14-15H,6-7,12H2,1-5H3. The van der Waals surface area contributed by atoms with Gasteiger partial charge >= 0.3 is 0 Å². The van der Waals surface area contributed by atoms with Gasteiger partial charge in [0.15, 0.2) is 6.10 Å². The van der Waals surface area contributed by atoms with Gasteiger partial charge in [-0.2, -0.15) is 0 Å². The molecule has 1 aromatic rings. The van der Waals surface area contributed by atoms with Gasteiger partial charge in [-0.05, 0) is 57.9 Å². The Balaban J connectivity index is 2.46. The van der Waals surface area contributed by atoms with Crippen LogP contribution < -0.4 is 9.47 Å². The van der Waals surface area contributed by atoms with Crippen LogP contribution in [0.3, 0.4) is 0 Å². The number of oxime groups is 1. The Morgan fingerprint density at radius 3 is 2.19 bits per heavy atom. The first-order chi connectivity index (χ1) is 10.0. The van der Waals surface area contributed by atoms with Crippen LogP contribution in [0.1, 0.15) is 47.5 Å². The van der Waals surface area contributed by atoms with E-state index in [0.717, 1.165) is 30.1 Å². The summed E-state index contributed by atoms with van der Waals surface area (Å²) in [5.41, 5.74) is 0.903. The fourth-order valence-electron chi connectivity index (χ4n) is 1.52. The summed E-state index contributed by atoms with van der Waals surface area (Å²) < 4.78 is 11.5. The molecule has 0 heterocycles. The zero-order valence-corrected chi connectivity index (χ0v) is 13.8. The van der Waals surface area contributed by atoms with Crippen molar-refractivity contribution >= 4 is 5.71 Å². The van der Waals surface area contributed by atoms with Crippen LogP contribution in [0.4, 0.5) is 0 Å². The molecule has 0 saturated carbocycles. The molecule has 2 unspecified atom stereocenters. The fraction of sp³-hybridized carbons (Fsp3) is 0.588. The molecule has 0 radical (unpaired) electrons. The first-order valence-corrected chi connectivity index (χ1v) is 7.61. The van der Waals surface area contributed by atoms with Crippen LogP contribution in [0.5, 0.6) is 11.5 Å². The summed E-state index contributed by atoms with van der Waals surface area (Å²) in [6.45, 7) is 10.5. The summed E-state index contributed by atoms with van der Waals surface area (Å²) >= 11 is 0. The number of benzene rings is 1. The molecule has 21 heavy (non-hydrogen) atoms. The van der Waals surface area contributed by atoms with E-state index in [0.29, 0.717) is 6.61 Å². The smallest absolute Gasteiger partial charge is 0.161 e. The van der Waals surface area contributed by atoms with Gasteiger partial charge in [0.1, 0.15) is 18.1 Å². The Labute approximate surface area is 128 Å². The quantitative estimate of drug-likeness (QED) is 0.499. The lowest BCUT2D eigenvalue weighted by atomic mass is 10.3. The maximum Gasteiger partial charge on any atom is 0.161 e. The molecule has 0 spiro atoms. The topological polar surface area (TPSA) is 40.0 Å². The van der Waals surface area contributed by atoms with Crippen LogP contribution in [-0.4, -0.2) is 24.5 Å². The minimum absolute atomic E-state index is 0.0315. The third-order valence-electron chi connectivity index (χ3n) is 3.01. The Hall–Kier alpha value is -1.71. The van der Waals surface area contributed by atoms with E-state index in [1.807, 2.05) is 38.1 Å². The molecule has 1 aromatic carbocycles. The fourth-order valence-corrected chi connectivity index (χ4v) is 1.52. The average molecular weight is 293 g/mol. The van der Waals surface area contributed by atoms with Gasteiger partial charge < -0.3 is 14.3 Å². The van der Waals surface area contributed by atoms with Crippen molar-refractivity contribution in [1.82, 2.24) is 0 Å². The normalized spacial score (nSPS) is 13.2. The van der Waals surface area contributed by atoms with Crippen molar-refractivity contribution in [3.8, 4) is 11.5 Å². The summed E-state index contributed by atoms with van der Waals surface area (Å²) in [5, 5.41) is 3.98. The third kappa shape index (κ3) is 7.02. The van der Waals surface area contributed by atoms with Gasteiger partial charge in [-0.15, -0.1) is 0 Å². The van der Waals surface area contributed by atoms with Gasteiger partial charge in [0.05, 0.1) is 11.8 Å². The summed E-state index contributed by atoms with van der Waals surface area (Å²) in [4.78, 5) is 5.40. The molecule has 1 rings (SSSR count). The first-order valence-electron chi connectivity index (χ1n) is 7.61.